The molecule has 12 heteroatoms. The Hall–Kier alpha value is -3.34. The zero-order valence-corrected chi connectivity index (χ0v) is 50.8. The average Bonchev–Trinajstić information content (AvgIpc) is 3.43. The number of hydrogen-bond donors (Lipinski definition) is 2. The van der Waals surface area contributed by atoms with Crippen LogP contribution in [0.1, 0.15) is 278 Å². The molecule has 0 radical (unpaired) electrons. The minimum Gasteiger partial charge on any atom is -0.462 e. The number of phosphoric ester groups is 1. The van der Waals surface area contributed by atoms with Crippen LogP contribution in [0.15, 0.2) is 85.1 Å². The predicted molar refractivity (Wildman–Crippen MR) is 325 cm³/mol. The number of carbonyl (C=O) groups excluding carboxylic acids is 3. The third-order valence-corrected chi connectivity index (χ3v) is 14.3. The first-order valence-corrected chi connectivity index (χ1v) is 33.0. The van der Waals surface area contributed by atoms with Crippen LogP contribution >= 0.6 is 7.82 Å². The van der Waals surface area contributed by atoms with Gasteiger partial charge in [0.1, 0.15) is 12.7 Å². The van der Waals surface area contributed by atoms with Gasteiger partial charge in [-0.1, -0.05) is 254 Å². The molecular weight excluding hydrogens is 1000 g/mol. The van der Waals surface area contributed by atoms with Crippen molar-refractivity contribution in [2.45, 2.75) is 290 Å². The standard InChI is InChI=1S/C66H115O11P/c1-4-7-10-13-16-19-22-25-28-30-31-33-36-39-42-45-48-51-54-57-66(70)77-63(59-73-64(68)55-52-49-46-43-40-37-35-32-29-26-23-20-17-14-11-8-5-2)61-75-78(71,72)74-60-62(58-67)76-65(69)56-53-50-47-44-41-38-34-27-24-21-18-15-12-9-6-3/h8,11,17-18,20-21,26-27,29,34-35,37,43,46,62-63,67H,4-7,9-10,12-16,19,22-25,28,30-33,36,38-42,44-45,47-61H2,1-3H3,(H,71,72)/b11-8-,20-17-,21-18-,29-26-,34-27-,37-35-,46-43-. The molecule has 3 unspecified atom stereocenters. The molecule has 0 aromatic heterocycles. The van der Waals surface area contributed by atoms with Crippen molar-refractivity contribution in [1.29, 1.82) is 0 Å². The molecule has 0 heterocycles. The van der Waals surface area contributed by atoms with Crippen LogP contribution in [-0.4, -0.2) is 66.5 Å². The van der Waals surface area contributed by atoms with Gasteiger partial charge >= 0.3 is 25.7 Å². The van der Waals surface area contributed by atoms with E-state index in [1.54, 1.807) is 0 Å². The number of allylic oxidation sites excluding steroid dienone is 14. The molecule has 0 aliphatic carbocycles. The fourth-order valence-electron chi connectivity index (χ4n) is 8.54. The second kappa shape index (κ2) is 59.8. The summed E-state index contributed by atoms with van der Waals surface area (Å²) in [6.45, 7) is 4.46. The molecule has 0 bridgehead atoms. The van der Waals surface area contributed by atoms with Crippen LogP contribution in [0.5, 0.6) is 0 Å². The van der Waals surface area contributed by atoms with Gasteiger partial charge in [-0.05, 0) is 89.9 Å². The molecule has 0 rings (SSSR count). The molecule has 0 fully saturated rings. The van der Waals surface area contributed by atoms with Crippen LogP contribution in [0, 0.1) is 0 Å². The topological polar surface area (TPSA) is 155 Å². The Balaban J connectivity index is 4.78. The minimum atomic E-state index is -4.77. The number of aliphatic hydroxyl groups is 1. The van der Waals surface area contributed by atoms with E-state index in [1.807, 2.05) is 6.08 Å². The van der Waals surface area contributed by atoms with Gasteiger partial charge in [0.25, 0.3) is 0 Å². The number of esters is 3. The zero-order valence-electron chi connectivity index (χ0n) is 49.9. The van der Waals surface area contributed by atoms with Gasteiger partial charge in [0.2, 0.25) is 0 Å². The Kier molecular flexibility index (Phi) is 57.2. The molecule has 3 atom stereocenters. The Bertz CT molecular complexity index is 1630. The minimum absolute atomic E-state index is 0.146. The van der Waals surface area contributed by atoms with Crippen molar-refractivity contribution < 1.29 is 52.2 Å². The lowest BCUT2D eigenvalue weighted by Gasteiger charge is -2.21. The zero-order chi connectivity index (χ0) is 56.9. The second-order valence-electron chi connectivity index (χ2n) is 20.8. The van der Waals surface area contributed by atoms with E-state index in [1.165, 1.54) is 116 Å². The molecule has 78 heavy (non-hydrogen) atoms. The highest BCUT2D eigenvalue weighted by atomic mass is 31.2. The summed E-state index contributed by atoms with van der Waals surface area (Å²) >= 11 is 0. The maximum absolute atomic E-state index is 12.9. The second-order valence-corrected chi connectivity index (χ2v) is 22.3. The maximum atomic E-state index is 12.9. The third-order valence-electron chi connectivity index (χ3n) is 13.3. The normalized spacial score (nSPS) is 13.9. The quantitative estimate of drug-likeness (QED) is 0.0197. The highest BCUT2D eigenvalue weighted by molar-refractivity contribution is 7.47. The third kappa shape index (κ3) is 57.3. The smallest absolute Gasteiger partial charge is 0.462 e. The van der Waals surface area contributed by atoms with Gasteiger partial charge in [0.15, 0.2) is 6.10 Å². The highest BCUT2D eigenvalue weighted by Crippen LogP contribution is 2.43. The Morgan fingerprint density at radius 1 is 0.372 bits per heavy atom. The van der Waals surface area contributed by atoms with E-state index in [0.717, 1.165) is 96.3 Å². The first-order chi connectivity index (χ1) is 38.2. The van der Waals surface area contributed by atoms with Crippen molar-refractivity contribution in [2.24, 2.45) is 0 Å². The van der Waals surface area contributed by atoms with E-state index < -0.39 is 57.8 Å². The van der Waals surface area contributed by atoms with E-state index in [-0.39, 0.29) is 25.9 Å². The molecule has 0 aromatic carbocycles. The number of phosphoric acid groups is 1. The summed E-state index contributed by atoms with van der Waals surface area (Å²) in [4.78, 5) is 48.7. The highest BCUT2D eigenvalue weighted by Gasteiger charge is 2.28. The van der Waals surface area contributed by atoms with Crippen LogP contribution in [0.4, 0.5) is 0 Å². The van der Waals surface area contributed by atoms with Crippen LogP contribution in [-0.2, 0) is 42.2 Å². The van der Waals surface area contributed by atoms with E-state index >= 15 is 0 Å². The molecule has 0 spiro atoms. The monoisotopic (exact) mass is 1110 g/mol. The lowest BCUT2D eigenvalue weighted by atomic mass is 10.0. The van der Waals surface area contributed by atoms with Gasteiger partial charge in [0.05, 0.1) is 19.8 Å². The van der Waals surface area contributed by atoms with E-state index in [2.05, 4.69) is 99.8 Å². The predicted octanol–water partition coefficient (Wildman–Crippen LogP) is 19.0. The Morgan fingerprint density at radius 2 is 0.679 bits per heavy atom. The average molecular weight is 1120 g/mol. The van der Waals surface area contributed by atoms with Gasteiger partial charge in [0, 0.05) is 19.3 Å². The van der Waals surface area contributed by atoms with Crippen LogP contribution in [0.3, 0.4) is 0 Å². The molecule has 0 aliphatic heterocycles. The summed E-state index contributed by atoms with van der Waals surface area (Å²) < 4.78 is 39.6. The van der Waals surface area contributed by atoms with Crippen LogP contribution in [0.25, 0.3) is 0 Å². The summed E-state index contributed by atoms with van der Waals surface area (Å²) in [7, 11) is -4.77. The molecule has 0 saturated carbocycles. The molecule has 450 valence electrons. The fraction of sp³-hybridized carbons (Fsp3) is 0.742. The van der Waals surface area contributed by atoms with Gasteiger partial charge in [-0.25, -0.2) is 4.57 Å². The van der Waals surface area contributed by atoms with Gasteiger partial charge in [-0.2, -0.15) is 0 Å². The number of carbonyl (C=O) groups is 3. The van der Waals surface area contributed by atoms with Crippen molar-refractivity contribution in [2.75, 3.05) is 26.4 Å². The molecule has 11 nitrogen and oxygen atoms in total. The number of unbranched alkanes of at least 4 members (excludes halogenated alkanes) is 27. The number of rotatable bonds is 58. The van der Waals surface area contributed by atoms with Gasteiger partial charge in [-0.3, -0.25) is 23.4 Å². The largest absolute Gasteiger partial charge is 0.472 e. The first-order valence-electron chi connectivity index (χ1n) is 31.5. The van der Waals surface area contributed by atoms with Crippen LogP contribution in [0.2, 0.25) is 0 Å². The van der Waals surface area contributed by atoms with Gasteiger partial charge < -0.3 is 24.2 Å². The van der Waals surface area contributed by atoms with Gasteiger partial charge in [-0.15, -0.1) is 0 Å². The number of ether oxygens (including phenoxy) is 3. The maximum Gasteiger partial charge on any atom is 0.472 e. The van der Waals surface area contributed by atoms with Crippen molar-refractivity contribution in [1.82, 2.24) is 0 Å². The van der Waals surface area contributed by atoms with Crippen molar-refractivity contribution >= 4 is 25.7 Å². The Morgan fingerprint density at radius 3 is 1.09 bits per heavy atom. The summed E-state index contributed by atoms with van der Waals surface area (Å²) in [5, 5.41) is 9.84. The Labute approximate surface area is 477 Å². The lowest BCUT2D eigenvalue weighted by molar-refractivity contribution is -0.161. The van der Waals surface area contributed by atoms with Crippen molar-refractivity contribution in [3.63, 3.8) is 0 Å². The fourth-order valence-corrected chi connectivity index (χ4v) is 9.32. The summed E-state index contributed by atoms with van der Waals surface area (Å²) in [6, 6.07) is 0. The van der Waals surface area contributed by atoms with E-state index in [9.17, 15) is 28.9 Å². The summed E-state index contributed by atoms with van der Waals surface area (Å²) in [6.07, 6.45) is 69.7. The molecule has 0 aliphatic rings. The molecule has 0 aromatic rings. The summed E-state index contributed by atoms with van der Waals surface area (Å²) in [5.74, 6) is -1.54. The molecule has 0 amide bonds. The van der Waals surface area contributed by atoms with E-state index in [0.29, 0.717) is 25.7 Å². The molecular formula is C66H115O11P. The SMILES string of the molecule is CC/C=C\C/C=C\C/C=C\C/C=C\C/C=C\CCCC(=O)OCC(COP(=O)(O)OCC(CO)OC(=O)CCCCCCC/C=C\C/C=C\CCCCC)OC(=O)CCCCCCCCCCCCCCCCCCCCC. The first kappa shape index (κ1) is 74.7. The van der Waals surface area contributed by atoms with Crippen molar-refractivity contribution in [3.05, 3.63) is 85.1 Å². The number of aliphatic hydroxyl groups excluding tert-OH is 1. The molecule has 2 N–H and O–H groups in total. The van der Waals surface area contributed by atoms with E-state index in [4.69, 9.17) is 23.3 Å². The van der Waals surface area contributed by atoms with Crippen LogP contribution < -0.4 is 0 Å². The lowest BCUT2D eigenvalue weighted by Crippen LogP contribution is -2.30. The van der Waals surface area contributed by atoms with Crippen molar-refractivity contribution in [3.8, 4) is 0 Å². The summed E-state index contributed by atoms with van der Waals surface area (Å²) in [5.41, 5.74) is 0. The number of hydrogen-bond acceptors (Lipinski definition) is 10. The molecule has 0 saturated heterocycles.